The molecule has 7 aromatic heterocycles. The number of unbranched alkanes of at least 4 members (excludes halogenated alkanes) is 20. The summed E-state index contributed by atoms with van der Waals surface area (Å²) in [5, 5.41) is 39.4. The van der Waals surface area contributed by atoms with E-state index in [9.17, 15) is 21.0 Å². The number of thiophene rings is 6. The molecule has 0 saturated heterocycles. The molecule has 0 amide bonds. The Morgan fingerprint density at radius 1 is 0.373 bits per heavy atom. The zero-order chi connectivity index (χ0) is 58.8. The highest BCUT2D eigenvalue weighted by atomic mass is 32.1. The molecule has 7 heterocycles. The maximum atomic E-state index is 9.86. The Labute approximate surface area is 524 Å². The van der Waals surface area contributed by atoms with E-state index in [0.717, 1.165) is 54.8 Å². The lowest BCUT2D eigenvalue weighted by Crippen LogP contribution is -2.11. The summed E-state index contributed by atoms with van der Waals surface area (Å²) in [6.07, 6.45) is 42.5. The van der Waals surface area contributed by atoms with E-state index in [4.69, 9.17) is 0 Å². The molecule has 11 heteroatoms. The van der Waals surface area contributed by atoms with Gasteiger partial charge >= 0.3 is 0 Å². The molecule has 0 radical (unpaired) electrons. The van der Waals surface area contributed by atoms with E-state index >= 15 is 0 Å². The van der Waals surface area contributed by atoms with Gasteiger partial charge in [-0.3, -0.25) is 0 Å². The van der Waals surface area contributed by atoms with Gasteiger partial charge in [0.1, 0.15) is 35.4 Å². The van der Waals surface area contributed by atoms with Crippen LogP contribution in [-0.2, 0) is 32.2 Å². The summed E-state index contributed by atoms with van der Waals surface area (Å²) in [6.45, 7) is 14.8. The zero-order valence-electron chi connectivity index (χ0n) is 51.2. The first kappa shape index (κ1) is 66.0. The standard InChI is InChI=1S/C72H93N5S6/c1-7-13-19-25-26-28-34-52(33-27-20-14-8-2)51-77-59-45-65(63-43-57(37-31-23-17-11-5)69(80-63)67-41-55(35-29-21-15-9-3)61(78-67)39-53(47-73)48-74)82-71(59)72-60(77)46-66(83-72)64-44-58(38-32-24-18-12-6)70(81-64)68-42-56(36-30-22-16-10-4)62(79-68)40-54(49-75)50-76/h39-46,52H,7-38,51H2,1-6H3. The Bertz CT molecular complexity index is 3110. The minimum absolute atomic E-state index is 0.172. The van der Waals surface area contributed by atoms with Gasteiger partial charge in [-0.1, -0.05) is 183 Å². The van der Waals surface area contributed by atoms with Gasteiger partial charge in [0.15, 0.2) is 0 Å². The van der Waals surface area contributed by atoms with Gasteiger partial charge in [-0.05, 0) is 141 Å². The van der Waals surface area contributed by atoms with Crippen molar-refractivity contribution < 1.29 is 0 Å². The molecule has 1 atom stereocenters. The van der Waals surface area contributed by atoms with Gasteiger partial charge < -0.3 is 4.57 Å². The van der Waals surface area contributed by atoms with E-state index in [1.165, 1.54) is 249 Å². The molecule has 442 valence electrons. The molecule has 0 aliphatic heterocycles. The summed E-state index contributed by atoms with van der Waals surface area (Å²) in [6, 6.07) is 23.5. The molecule has 0 aromatic carbocycles. The van der Waals surface area contributed by atoms with Crippen molar-refractivity contribution >= 4 is 101 Å². The van der Waals surface area contributed by atoms with Crippen LogP contribution in [0.1, 0.15) is 253 Å². The summed E-state index contributed by atoms with van der Waals surface area (Å²) in [4.78, 5) is 12.8. The number of fused-ring (bicyclic) bond motifs is 3. The number of rotatable bonds is 40. The Kier molecular flexibility index (Phi) is 28.4. The van der Waals surface area contributed by atoms with Crippen molar-refractivity contribution in [1.29, 1.82) is 21.0 Å². The van der Waals surface area contributed by atoms with Crippen molar-refractivity contribution in [3.05, 3.63) is 79.6 Å². The van der Waals surface area contributed by atoms with Crippen molar-refractivity contribution in [2.45, 2.75) is 254 Å². The van der Waals surface area contributed by atoms with Gasteiger partial charge in [0.25, 0.3) is 0 Å². The predicted molar refractivity (Wildman–Crippen MR) is 368 cm³/mol. The Balaban J connectivity index is 1.36. The first-order valence-corrected chi connectivity index (χ1v) is 37.3. The van der Waals surface area contributed by atoms with E-state index in [-0.39, 0.29) is 11.1 Å². The number of allylic oxidation sites excluding steroid dienone is 2. The van der Waals surface area contributed by atoms with Crippen LogP contribution in [0.15, 0.2) is 47.5 Å². The van der Waals surface area contributed by atoms with Crippen LogP contribution < -0.4 is 0 Å². The highest BCUT2D eigenvalue weighted by Crippen LogP contribution is 2.52. The number of hydrogen-bond acceptors (Lipinski definition) is 10. The van der Waals surface area contributed by atoms with E-state index in [0.29, 0.717) is 5.92 Å². The van der Waals surface area contributed by atoms with Crippen molar-refractivity contribution in [2.24, 2.45) is 5.92 Å². The van der Waals surface area contributed by atoms with E-state index in [1.807, 2.05) is 57.5 Å². The number of hydrogen-bond donors (Lipinski definition) is 0. The second-order valence-electron chi connectivity index (χ2n) is 23.3. The Morgan fingerprint density at radius 2 is 0.687 bits per heavy atom. The molecule has 0 aliphatic rings. The Morgan fingerprint density at radius 3 is 1.06 bits per heavy atom. The van der Waals surface area contributed by atoms with Crippen LogP contribution in [0.4, 0.5) is 0 Å². The highest BCUT2D eigenvalue weighted by molar-refractivity contribution is 7.33. The monoisotopic (exact) mass is 1220 g/mol. The molecular formula is C72H93N5S6. The lowest BCUT2D eigenvalue weighted by molar-refractivity contribution is 0.365. The average Bonchev–Trinajstić information content (AvgIpc) is 3.78. The lowest BCUT2D eigenvalue weighted by atomic mass is 9.94. The quantitative estimate of drug-likeness (QED) is 0.0282. The smallest absolute Gasteiger partial charge is 0.131 e. The molecule has 7 aromatic rings. The molecular weight excluding hydrogens is 1130 g/mol. The highest BCUT2D eigenvalue weighted by Gasteiger charge is 2.25. The maximum absolute atomic E-state index is 9.86. The second kappa shape index (κ2) is 35.8. The summed E-state index contributed by atoms with van der Waals surface area (Å²) in [7, 11) is 0. The van der Waals surface area contributed by atoms with Gasteiger partial charge in [0, 0.05) is 55.3 Å². The predicted octanol–water partition coefficient (Wildman–Crippen LogP) is 25.5. The third-order valence-electron chi connectivity index (χ3n) is 16.6. The first-order valence-electron chi connectivity index (χ1n) is 32.4. The third kappa shape index (κ3) is 18.7. The molecule has 83 heavy (non-hydrogen) atoms. The summed E-state index contributed by atoms with van der Waals surface area (Å²) < 4.78 is 5.60. The van der Waals surface area contributed by atoms with Gasteiger partial charge in [-0.2, -0.15) is 21.0 Å². The number of aryl methyl sites for hydroxylation is 4. The van der Waals surface area contributed by atoms with Crippen LogP contribution in [0.3, 0.4) is 0 Å². The largest absolute Gasteiger partial charge is 0.339 e. The van der Waals surface area contributed by atoms with Crippen LogP contribution in [0.2, 0.25) is 0 Å². The van der Waals surface area contributed by atoms with Gasteiger partial charge in [0.05, 0.1) is 20.4 Å². The zero-order valence-corrected chi connectivity index (χ0v) is 56.1. The van der Waals surface area contributed by atoms with E-state index in [2.05, 4.69) is 107 Å². The van der Waals surface area contributed by atoms with Gasteiger partial charge in [-0.25, -0.2) is 0 Å². The fraction of sp³-hybridized carbons (Fsp3) is 0.556. The number of nitriles is 4. The normalized spacial score (nSPS) is 11.8. The Hall–Kier alpha value is -4.56. The summed E-state index contributed by atoms with van der Waals surface area (Å²) >= 11 is 11.4. The second-order valence-corrected chi connectivity index (χ2v) is 29.6. The molecule has 0 N–H and O–H groups in total. The fourth-order valence-corrected chi connectivity index (χ4v) is 19.4. The molecule has 5 nitrogen and oxygen atoms in total. The van der Waals surface area contributed by atoms with Crippen LogP contribution in [0.25, 0.3) is 71.6 Å². The molecule has 7 rings (SSSR count). The number of nitrogens with zero attached hydrogens (tertiary/aromatic N) is 5. The first-order chi connectivity index (χ1) is 40.7. The maximum Gasteiger partial charge on any atom is 0.131 e. The van der Waals surface area contributed by atoms with Crippen molar-refractivity contribution in [3.8, 4) is 63.3 Å². The number of aromatic nitrogens is 1. The summed E-state index contributed by atoms with van der Waals surface area (Å²) in [5.41, 5.74) is 8.51. The molecule has 0 aliphatic carbocycles. The molecule has 0 bridgehead atoms. The molecule has 0 saturated carbocycles. The van der Waals surface area contributed by atoms with Crippen molar-refractivity contribution in [1.82, 2.24) is 4.57 Å². The minimum Gasteiger partial charge on any atom is -0.339 e. The topological polar surface area (TPSA) is 100 Å². The molecule has 0 spiro atoms. The molecule has 0 fully saturated rings. The van der Waals surface area contributed by atoms with Gasteiger partial charge in [-0.15, -0.1) is 68.0 Å². The third-order valence-corrected chi connectivity index (χ3v) is 24.3. The van der Waals surface area contributed by atoms with E-state index < -0.39 is 0 Å². The molecule has 1 unspecified atom stereocenters. The SMILES string of the molecule is CCCCCCCCC(CCCCCC)Cn1c2cc(-c3cc(CCCCCC)c(-c4cc(CCCCCC)c(C=C(C#N)C#N)s4)s3)sc2c2sc(-c3cc(CCCCCC)c(-c4cc(CCCCCC)c(C=C(C#N)C#N)s4)s3)cc21. The van der Waals surface area contributed by atoms with Crippen LogP contribution in [0.5, 0.6) is 0 Å². The average molecular weight is 1220 g/mol. The van der Waals surface area contributed by atoms with Crippen molar-refractivity contribution in [3.63, 3.8) is 0 Å². The van der Waals surface area contributed by atoms with E-state index in [1.54, 1.807) is 22.7 Å². The van der Waals surface area contributed by atoms with Crippen LogP contribution in [-0.4, -0.2) is 4.57 Å². The fourth-order valence-electron chi connectivity index (χ4n) is 11.8. The van der Waals surface area contributed by atoms with Crippen LogP contribution in [0, 0.1) is 51.2 Å². The minimum atomic E-state index is 0.172. The van der Waals surface area contributed by atoms with Crippen molar-refractivity contribution in [2.75, 3.05) is 0 Å². The van der Waals surface area contributed by atoms with Crippen LogP contribution >= 0.6 is 68.0 Å². The summed E-state index contributed by atoms with van der Waals surface area (Å²) in [5.74, 6) is 0.622. The lowest BCUT2D eigenvalue weighted by Gasteiger charge is -2.19. The van der Waals surface area contributed by atoms with Gasteiger partial charge in [0.2, 0.25) is 0 Å².